The lowest BCUT2D eigenvalue weighted by molar-refractivity contribution is -0.120. The summed E-state index contributed by atoms with van der Waals surface area (Å²) in [6.45, 7) is 3.86. The highest BCUT2D eigenvalue weighted by Crippen LogP contribution is 2.30. The van der Waals surface area contributed by atoms with E-state index >= 15 is 0 Å². The Morgan fingerprint density at radius 3 is 2.92 bits per heavy atom. The molecule has 68 valence electrons. The molecule has 1 heteroatoms. The molecule has 0 radical (unpaired) electrons. The van der Waals surface area contributed by atoms with E-state index in [1.165, 1.54) is 18.4 Å². The Kier molecular flexibility index (Phi) is 3.51. The van der Waals surface area contributed by atoms with Gasteiger partial charge in [0.25, 0.3) is 0 Å². The van der Waals surface area contributed by atoms with Gasteiger partial charge in [-0.15, -0.1) is 0 Å². The minimum absolute atomic E-state index is 0.263. The summed E-state index contributed by atoms with van der Waals surface area (Å²) in [5.41, 5.74) is 1.40. The molecule has 1 rings (SSSR count). The zero-order valence-electron chi connectivity index (χ0n) is 8.10. The number of carbonyl (C=O) groups excluding carboxylic acids is 1. The van der Waals surface area contributed by atoms with Crippen molar-refractivity contribution >= 4 is 5.78 Å². The number of hydrogen-bond acceptors (Lipinski definition) is 1. The minimum atomic E-state index is 0.263. The molecule has 0 spiro atoms. The fourth-order valence-electron chi connectivity index (χ4n) is 2.01. The predicted octanol–water partition coefficient (Wildman–Crippen LogP) is 3.10. The minimum Gasteiger partial charge on any atom is -0.299 e. The number of hydrogen-bond donors (Lipinski definition) is 0. The van der Waals surface area contributed by atoms with Gasteiger partial charge < -0.3 is 0 Å². The molecule has 0 heterocycles. The van der Waals surface area contributed by atoms with E-state index in [1.54, 1.807) is 6.92 Å². The van der Waals surface area contributed by atoms with Crippen LogP contribution >= 0.6 is 0 Å². The molecular formula is C11H18O. The maximum absolute atomic E-state index is 11.2. The largest absolute Gasteiger partial charge is 0.299 e. The van der Waals surface area contributed by atoms with Gasteiger partial charge in [0.1, 0.15) is 5.78 Å². The summed E-state index contributed by atoms with van der Waals surface area (Å²) >= 11 is 0. The van der Waals surface area contributed by atoms with Crippen molar-refractivity contribution < 1.29 is 4.79 Å². The van der Waals surface area contributed by atoms with E-state index in [0.717, 1.165) is 19.3 Å². The molecule has 0 aromatic carbocycles. The summed E-state index contributed by atoms with van der Waals surface area (Å²) < 4.78 is 0. The molecule has 1 aliphatic rings. The van der Waals surface area contributed by atoms with E-state index in [0.29, 0.717) is 5.78 Å². The van der Waals surface area contributed by atoms with Crippen LogP contribution in [0.15, 0.2) is 11.6 Å². The molecule has 0 amide bonds. The van der Waals surface area contributed by atoms with Crippen LogP contribution < -0.4 is 0 Å². The van der Waals surface area contributed by atoms with Crippen molar-refractivity contribution in [3.63, 3.8) is 0 Å². The maximum Gasteiger partial charge on any atom is 0.136 e. The number of ketones is 1. The predicted molar refractivity (Wildman–Crippen MR) is 51.0 cm³/mol. The lowest BCUT2D eigenvalue weighted by Gasteiger charge is -2.22. The quantitative estimate of drug-likeness (QED) is 0.576. The Hall–Kier alpha value is -0.590. The van der Waals surface area contributed by atoms with Crippen molar-refractivity contribution in [3.8, 4) is 0 Å². The normalized spacial score (nSPS) is 27.5. The second-order valence-electron chi connectivity index (χ2n) is 3.60. The van der Waals surface area contributed by atoms with Gasteiger partial charge in [-0.05, 0) is 32.6 Å². The van der Waals surface area contributed by atoms with E-state index in [-0.39, 0.29) is 5.92 Å². The average Bonchev–Trinajstić information content (AvgIpc) is 2.05. The molecule has 0 aliphatic heterocycles. The Bertz CT molecular complexity index is 191. The first-order valence-corrected chi connectivity index (χ1v) is 4.95. The molecule has 1 aliphatic carbocycles. The number of carbonyl (C=O) groups is 1. The van der Waals surface area contributed by atoms with E-state index in [9.17, 15) is 4.79 Å². The van der Waals surface area contributed by atoms with E-state index in [4.69, 9.17) is 0 Å². The lowest BCUT2D eigenvalue weighted by Crippen LogP contribution is -2.17. The van der Waals surface area contributed by atoms with Gasteiger partial charge in [-0.2, -0.15) is 0 Å². The molecule has 1 fully saturated rings. The summed E-state index contributed by atoms with van der Waals surface area (Å²) in [4.78, 5) is 11.2. The molecule has 0 bridgehead atoms. The van der Waals surface area contributed by atoms with Crippen LogP contribution in [0.25, 0.3) is 0 Å². The first-order chi connectivity index (χ1) is 5.75. The van der Waals surface area contributed by atoms with E-state index < -0.39 is 0 Å². The van der Waals surface area contributed by atoms with Gasteiger partial charge in [0, 0.05) is 5.92 Å². The van der Waals surface area contributed by atoms with Crippen molar-refractivity contribution in [2.45, 2.75) is 46.0 Å². The maximum atomic E-state index is 11.2. The van der Waals surface area contributed by atoms with Crippen LogP contribution in [0.5, 0.6) is 0 Å². The third kappa shape index (κ3) is 2.20. The van der Waals surface area contributed by atoms with Gasteiger partial charge in [0.2, 0.25) is 0 Å². The molecule has 12 heavy (non-hydrogen) atoms. The summed E-state index contributed by atoms with van der Waals surface area (Å²) in [6.07, 6.45) is 8.05. The van der Waals surface area contributed by atoms with Crippen LogP contribution in [-0.4, -0.2) is 5.78 Å². The van der Waals surface area contributed by atoms with Gasteiger partial charge in [-0.25, -0.2) is 0 Å². The van der Waals surface area contributed by atoms with Crippen molar-refractivity contribution in [2.75, 3.05) is 0 Å². The van der Waals surface area contributed by atoms with Gasteiger partial charge in [-0.3, -0.25) is 4.79 Å². The van der Waals surface area contributed by atoms with Gasteiger partial charge in [0.05, 0.1) is 0 Å². The molecule has 1 unspecified atom stereocenters. The second kappa shape index (κ2) is 4.44. The third-order valence-corrected chi connectivity index (χ3v) is 2.61. The van der Waals surface area contributed by atoms with E-state index in [1.807, 2.05) is 0 Å². The molecule has 0 aromatic rings. The highest BCUT2D eigenvalue weighted by molar-refractivity contribution is 5.81. The SMILES string of the molecule is CC/C=C1/CCCCC1C(C)=O. The second-order valence-corrected chi connectivity index (χ2v) is 3.60. The smallest absolute Gasteiger partial charge is 0.136 e. The zero-order valence-corrected chi connectivity index (χ0v) is 8.10. The molecule has 0 N–H and O–H groups in total. The summed E-state index contributed by atoms with van der Waals surface area (Å²) in [5.74, 6) is 0.619. The molecule has 0 saturated heterocycles. The van der Waals surface area contributed by atoms with Crippen molar-refractivity contribution in [1.82, 2.24) is 0 Å². The lowest BCUT2D eigenvalue weighted by atomic mass is 9.81. The third-order valence-electron chi connectivity index (χ3n) is 2.61. The van der Waals surface area contributed by atoms with Crippen LogP contribution in [0.3, 0.4) is 0 Å². The Morgan fingerprint density at radius 1 is 1.58 bits per heavy atom. The van der Waals surface area contributed by atoms with Crippen LogP contribution in [0.4, 0.5) is 0 Å². The summed E-state index contributed by atoms with van der Waals surface area (Å²) in [5, 5.41) is 0. The highest BCUT2D eigenvalue weighted by atomic mass is 16.1. The zero-order chi connectivity index (χ0) is 8.97. The fraction of sp³-hybridized carbons (Fsp3) is 0.727. The molecule has 1 nitrogen and oxygen atoms in total. The summed E-state index contributed by atoms with van der Waals surface area (Å²) in [7, 11) is 0. The molecule has 1 atom stereocenters. The Labute approximate surface area is 74.9 Å². The summed E-state index contributed by atoms with van der Waals surface area (Å²) in [6, 6.07) is 0. The van der Waals surface area contributed by atoms with Gasteiger partial charge in [-0.1, -0.05) is 25.0 Å². The highest BCUT2D eigenvalue weighted by Gasteiger charge is 2.21. The first kappa shape index (κ1) is 9.50. The standard InChI is InChI=1S/C11H18O/c1-3-6-10-7-4-5-8-11(10)9(2)12/h6,11H,3-5,7-8H2,1-2H3/b10-6-. The average molecular weight is 166 g/mol. The number of rotatable bonds is 2. The molecular weight excluding hydrogens is 148 g/mol. The Morgan fingerprint density at radius 2 is 2.33 bits per heavy atom. The number of allylic oxidation sites excluding steroid dienone is 2. The monoisotopic (exact) mass is 166 g/mol. The van der Waals surface area contributed by atoms with E-state index in [2.05, 4.69) is 13.0 Å². The molecule has 0 aromatic heterocycles. The molecule has 1 saturated carbocycles. The van der Waals surface area contributed by atoms with Crippen molar-refractivity contribution in [2.24, 2.45) is 5.92 Å². The van der Waals surface area contributed by atoms with Crippen molar-refractivity contribution in [3.05, 3.63) is 11.6 Å². The Balaban J connectivity index is 2.67. The first-order valence-electron chi connectivity index (χ1n) is 4.95. The fourth-order valence-corrected chi connectivity index (χ4v) is 2.01. The van der Waals surface area contributed by atoms with Crippen LogP contribution in [0.2, 0.25) is 0 Å². The van der Waals surface area contributed by atoms with Gasteiger partial charge in [0.15, 0.2) is 0 Å². The topological polar surface area (TPSA) is 17.1 Å². The van der Waals surface area contributed by atoms with Crippen LogP contribution in [-0.2, 0) is 4.79 Å². The van der Waals surface area contributed by atoms with Crippen LogP contribution in [0.1, 0.15) is 46.0 Å². The van der Waals surface area contributed by atoms with Crippen LogP contribution in [0, 0.1) is 5.92 Å². The van der Waals surface area contributed by atoms with Crippen molar-refractivity contribution in [1.29, 1.82) is 0 Å². The number of Topliss-reactive ketones (excluding diaryl/α,β-unsaturated/α-hetero) is 1. The van der Waals surface area contributed by atoms with Gasteiger partial charge >= 0.3 is 0 Å².